The van der Waals surface area contributed by atoms with Gasteiger partial charge in [-0.3, -0.25) is 9.59 Å². The summed E-state index contributed by atoms with van der Waals surface area (Å²) in [6.45, 7) is 3.29. The van der Waals surface area contributed by atoms with E-state index in [1.807, 2.05) is 19.1 Å². The molecule has 0 aliphatic carbocycles. The molecule has 0 aliphatic heterocycles. The number of benzene rings is 1. The van der Waals surface area contributed by atoms with Crippen LogP contribution in [0.2, 0.25) is 0 Å². The molecule has 1 aromatic carbocycles. The highest BCUT2D eigenvalue weighted by molar-refractivity contribution is 6.04. The molecule has 2 aromatic rings. The number of amides is 2. The van der Waals surface area contributed by atoms with E-state index < -0.39 is 0 Å². The summed E-state index contributed by atoms with van der Waals surface area (Å²) in [6.07, 6.45) is 0. The summed E-state index contributed by atoms with van der Waals surface area (Å²) in [5, 5.41) is 5.37. The predicted octanol–water partition coefficient (Wildman–Crippen LogP) is 2.60. The second kappa shape index (κ2) is 5.97. The molecular formula is C15H15N3O2. The van der Waals surface area contributed by atoms with E-state index in [1.165, 1.54) is 6.92 Å². The molecule has 0 saturated heterocycles. The zero-order valence-electron chi connectivity index (χ0n) is 11.3. The maximum Gasteiger partial charge on any atom is 0.256 e. The number of anilines is 2. The average molecular weight is 269 g/mol. The normalized spacial score (nSPS) is 9.90. The zero-order valence-corrected chi connectivity index (χ0v) is 11.3. The molecule has 2 rings (SSSR count). The van der Waals surface area contributed by atoms with Gasteiger partial charge < -0.3 is 10.6 Å². The predicted molar refractivity (Wildman–Crippen MR) is 77.7 cm³/mol. The lowest BCUT2D eigenvalue weighted by atomic mass is 10.2. The van der Waals surface area contributed by atoms with Crippen LogP contribution in [0.3, 0.4) is 0 Å². The second-order valence-corrected chi connectivity index (χ2v) is 4.38. The van der Waals surface area contributed by atoms with Crippen LogP contribution in [0.1, 0.15) is 23.0 Å². The van der Waals surface area contributed by atoms with Gasteiger partial charge in [0.15, 0.2) is 0 Å². The Labute approximate surface area is 117 Å². The summed E-state index contributed by atoms with van der Waals surface area (Å²) in [6, 6.07) is 12.1. The number of aryl methyl sites for hydroxylation is 1. The van der Waals surface area contributed by atoms with Gasteiger partial charge in [-0.15, -0.1) is 0 Å². The highest BCUT2D eigenvalue weighted by atomic mass is 16.2. The van der Waals surface area contributed by atoms with Crippen LogP contribution in [-0.2, 0) is 4.79 Å². The van der Waals surface area contributed by atoms with Crippen molar-refractivity contribution in [2.24, 2.45) is 0 Å². The van der Waals surface area contributed by atoms with Crippen molar-refractivity contribution in [3.05, 3.63) is 53.7 Å². The van der Waals surface area contributed by atoms with Crippen LogP contribution in [0.4, 0.5) is 11.5 Å². The summed E-state index contributed by atoms with van der Waals surface area (Å²) in [4.78, 5) is 27.1. The van der Waals surface area contributed by atoms with Crippen LogP contribution < -0.4 is 10.6 Å². The maximum absolute atomic E-state index is 12.0. The van der Waals surface area contributed by atoms with Gasteiger partial charge in [0.05, 0.1) is 0 Å². The van der Waals surface area contributed by atoms with Gasteiger partial charge >= 0.3 is 0 Å². The molecule has 5 heteroatoms. The van der Waals surface area contributed by atoms with E-state index in [0.717, 1.165) is 5.69 Å². The van der Waals surface area contributed by atoms with Crippen molar-refractivity contribution in [2.45, 2.75) is 13.8 Å². The molecule has 0 atom stereocenters. The second-order valence-electron chi connectivity index (χ2n) is 4.38. The van der Waals surface area contributed by atoms with E-state index in [-0.39, 0.29) is 11.8 Å². The van der Waals surface area contributed by atoms with Crippen molar-refractivity contribution in [1.82, 2.24) is 4.98 Å². The summed E-state index contributed by atoms with van der Waals surface area (Å²) < 4.78 is 0. The zero-order chi connectivity index (χ0) is 14.5. The van der Waals surface area contributed by atoms with Crippen LogP contribution in [0.25, 0.3) is 0 Å². The third kappa shape index (κ3) is 3.65. The van der Waals surface area contributed by atoms with E-state index in [9.17, 15) is 9.59 Å². The van der Waals surface area contributed by atoms with Crippen LogP contribution >= 0.6 is 0 Å². The standard InChI is InChI=1S/C15H15N3O2/c1-10-4-3-5-14(16-10)18-15(20)12-6-8-13(9-7-12)17-11(2)19/h3-9H,1-2H3,(H,17,19)(H,16,18,20). The molecule has 102 valence electrons. The number of carbonyl (C=O) groups is 2. The Bertz CT molecular complexity index is 636. The van der Waals surface area contributed by atoms with Crippen LogP contribution in [0.5, 0.6) is 0 Å². The van der Waals surface area contributed by atoms with Crippen molar-refractivity contribution in [3.8, 4) is 0 Å². The Morgan fingerprint density at radius 1 is 1.00 bits per heavy atom. The summed E-state index contributed by atoms with van der Waals surface area (Å²) in [5.41, 5.74) is 1.99. The van der Waals surface area contributed by atoms with Gasteiger partial charge in [0.2, 0.25) is 5.91 Å². The van der Waals surface area contributed by atoms with E-state index in [4.69, 9.17) is 0 Å². The first kappa shape index (κ1) is 13.7. The van der Waals surface area contributed by atoms with Gasteiger partial charge in [-0.05, 0) is 43.3 Å². The molecule has 0 saturated carbocycles. The highest BCUT2D eigenvalue weighted by Crippen LogP contribution is 2.11. The molecule has 2 amide bonds. The molecule has 0 radical (unpaired) electrons. The highest BCUT2D eigenvalue weighted by Gasteiger charge is 2.07. The lowest BCUT2D eigenvalue weighted by Crippen LogP contribution is -2.13. The van der Waals surface area contributed by atoms with Crippen molar-refractivity contribution >= 4 is 23.3 Å². The fourth-order valence-corrected chi connectivity index (χ4v) is 1.71. The largest absolute Gasteiger partial charge is 0.326 e. The maximum atomic E-state index is 12.0. The van der Waals surface area contributed by atoms with E-state index in [2.05, 4.69) is 15.6 Å². The minimum Gasteiger partial charge on any atom is -0.326 e. The Morgan fingerprint density at radius 2 is 1.70 bits per heavy atom. The first-order chi connectivity index (χ1) is 9.54. The number of carbonyl (C=O) groups excluding carboxylic acids is 2. The van der Waals surface area contributed by atoms with Crippen LogP contribution in [0, 0.1) is 6.92 Å². The monoisotopic (exact) mass is 269 g/mol. The fraction of sp³-hybridized carbons (Fsp3) is 0.133. The number of nitrogens with zero attached hydrogens (tertiary/aromatic N) is 1. The van der Waals surface area contributed by atoms with Gasteiger partial charge in [-0.1, -0.05) is 6.07 Å². The summed E-state index contributed by atoms with van der Waals surface area (Å²) in [5.74, 6) is 0.129. The first-order valence-electron chi connectivity index (χ1n) is 6.17. The van der Waals surface area contributed by atoms with Crippen molar-refractivity contribution in [3.63, 3.8) is 0 Å². The van der Waals surface area contributed by atoms with E-state index in [0.29, 0.717) is 17.1 Å². The lowest BCUT2D eigenvalue weighted by Gasteiger charge is -2.06. The smallest absolute Gasteiger partial charge is 0.256 e. The van der Waals surface area contributed by atoms with Crippen molar-refractivity contribution in [2.75, 3.05) is 10.6 Å². The van der Waals surface area contributed by atoms with Gasteiger partial charge in [0.25, 0.3) is 5.91 Å². The Kier molecular flexibility index (Phi) is 4.10. The average Bonchev–Trinajstić information content (AvgIpc) is 2.38. The van der Waals surface area contributed by atoms with Gasteiger partial charge in [0, 0.05) is 23.9 Å². The third-order valence-electron chi connectivity index (χ3n) is 2.60. The quantitative estimate of drug-likeness (QED) is 0.899. The van der Waals surface area contributed by atoms with E-state index >= 15 is 0 Å². The molecule has 1 heterocycles. The number of aromatic nitrogens is 1. The van der Waals surface area contributed by atoms with Crippen LogP contribution in [-0.4, -0.2) is 16.8 Å². The van der Waals surface area contributed by atoms with Gasteiger partial charge in [0.1, 0.15) is 5.82 Å². The molecular weight excluding hydrogens is 254 g/mol. The van der Waals surface area contributed by atoms with Gasteiger partial charge in [-0.2, -0.15) is 0 Å². The molecule has 0 aliphatic rings. The number of rotatable bonds is 3. The van der Waals surface area contributed by atoms with Crippen molar-refractivity contribution in [1.29, 1.82) is 0 Å². The number of hydrogen-bond acceptors (Lipinski definition) is 3. The number of pyridine rings is 1. The minimum atomic E-state index is -0.238. The molecule has 20 heavy (non-hydrogen) atoms. The third-order valence-corrected chi connectivity index (χ3v) is 2.60. The first-order valence-corrected chi connectivity index (χ1v) is 6.17. The Balaban J connectivity index is 2.07. The molecule has 1 aromatic heterocycles. The van der Waals surface area contributed by atoms with Crippen LogP contribution in [0.15, 0.2) is 42.5 Å². The summed E-state index contributed by atoms with van der Waals surface area (Å²) in [7, 11) is 0. The number of nitrogens with one attached hydrogen (secondary N) is 2. The molecule has 5 nitrogen and oxygen atoms in total. The fourth-order valence-electron chi connectivity index (χ4n) is 1.71. The van der Waals surface area contributed by atoms with Crippen molar-refractivity contribution < 1.29 is 9.59 Å². The lowest BCUT2D eigenvalue weighted by molar-refractivity contribution is -0.114. The Hall–Kier alpha value is -2.69. The molecule has 0 bridgehead atoms. The topological polar surface area (TPSA) is 71.1 Å². The van der Waals surface area contributed by atoms with E-state index in [1.54, 1.807) is 30.3 Å². The minimum absolute atomic E-state index is 0.147. The molecule has 0 unspecified atom stereocenters. The summed E-state index contributed by atoms with van der Waals surface area (Å²) >= 11 is 0. The molecule has 0 fully saturated rings. The molecule has 0 spiro atoms. The Morgan fingerprint density at radius 3 is 2.30 bits per heavy atom. The number of hydrogen-bond donors (Lipinski definition) is 2. The molecule has 2 N–H and O–H groups in total. The SMILES string of the molecule is CC(=O)Nc1ccc(C(=O)Nc2cccc(C)n2)cc1. The van der Waals surface area contributed by atoms with Gasteiger partial charge in [-0.25, -0.2) is 4.98 Å².